The lowest BCUT2D eigenvalue weighted by Gasteiger charge is -2.14. The molecule has 1 aliphatic heterocycles. The number of nitrogen functional groups attached to an aromatic ring is 1. The number of hydrogen-bond donors (Lipinski definition) is 2. The molecular weight excluding hydrogens is 234 g/mol. The summed E-state index contributed by atoms with van der Waals surface area (Å²) in [6.07, 6.45) is 2.21. The molecule has 0 aromatic heterocycles. The summed E-state index contributed by atoms with van der Waals surface area (Å²) < 4.78 is 5.54. The molecule has 2 atom stereocenters. The first-order valence-electron chi connectivity index (χ1n) is 5.99. The number of thioether (sulfide) groups is 1. The molecule has 3 nitrogen and oxygen atoms in total. The van der Waals surface area contributed by atoms with Crippen molar-refractivity contribution in [3.05, 3.63) is 29.8 Å². The number of ether oxygens (including phenoxy) is 1. The molecule has 17 heavy (non-hydrogen) atoms. The van der Waals surface area contributed by atoms with E-state index in [1.54, 1.807) is 11.8 Å². The van der Waals surface area contributed by atoms with Crippen LogP contribution in [0.1, 0.15) is 24.5 Å². The SMILES string of the molecule is Nc1ccccc1C(O)CSCC1CCCO1. The van der Waals surface area contributed by atoms with E-state index >= 15 is 0 Å². The van der Waals surface area contributed by atoms with Crippen LogP contribution in [-0.2, 0) is 4.74 Å². The summed E-state index contributed by atoms with van der Waals surface area (Å²) in [4.78, 5) is 0. The molecule has 94 valence electrons. The Kier molecular flexibility index (Phi) is 4.71. The van der Waals surface area contributed by atoms with Gasteiger partial charge in [-0.05, 0) is 18.9 Å². The van der Waals surface area contributed by atoms with Crippen LogP contribution < -0.4 is 5.73 Å². The predicted octanol–water partition coefficient (Wildman–Crippen LogP) is 2.21. The fourth-order valence-corrected chi connectivity index (χ4v) is 3.06. The molecule has 2 unspecified atom stereocenters. The van der Waals surface area contributed by atoms with E-state index in [1.807, 2.05) is 24.3 Å². The van der Waals surface area contributed by atoms with Gasteiger partial charge in [0.25, 0.3) is 0 Å². The minimum absolute atomic E-state index is 0.375. The lowest BCUT2D eigenvalue weighted by atomic mass is 10.1. The molecule has 1 heterocycles. The molecule has 0 bridgehead atoms. The number of aliphatic hydroxyl groups is 1. The zero-order chi connectivity index (χ0) is 12.1. The first-order valence-corrected chi connectivity index (χ1v) is 7.14. The van der Waals surface area contributed by atoms with Crippen molar-refractivity contribution < 1.29 is 9.84 Å². The molecule has 4 heteroatoms. The largest absolute Gasteiger partial charge is 0.398 e. The predicted molar refractivity (Wildman–Crippen MR) is 72.1 cm³/mol. The molecule has 2 rings (SSSR count). The third-order valence-corrected chi connectivity index (χ3v) is 4.12. The van der Waals surface area contributed by atoms with E-state index in [0.717, 1.165) is 24.3 Å². The van der Waals surface area contributed by atoms with Gasteiger partial charge in [0, 0.05) is 29.4 Å². The molecule has 1 aromatic carbocycles. The van der Waals surface area contributed by atoms with Crippen LogP contribution in [0.3, 0.4) is 0 Å². The maximum absolute atomic E-state index is 10.0. The molecule has 1 aliphatic rings. The van der Waals surface area contributed by atoms with Crippen LogP contribution >= 0.6 is 11.8 Å². The van der Waals surface area contributed by atoms with E-state index in [4.69, 9.17) is 10.5 Å². The highest BCUT2D eigenvalue weighted by atomic mass is 32.2. The average Bonchev–Trinajstić information content (AvgIpc) is 2.82. The molecule has 0 radical (unpaired) electrons. The van der Waals surface area contributed by atoms with E-state index < -0.39 is 6.10 Å². The van der Waals surface area contributed by atoms with Crippen LogP contribution in [0.5, 0.6) is 0 Å². The van der Waals surface area contributed by atoms with E-state index in [9.17, 15) is 5.11 Å². The summed E-state index contributed by atoms with van der Waals surface area (Å²) >= 11 is 1.73. The standard InChI is InChI=1S/C13H19NO2S/c14-12-6-2-1-5-11(12)13(15)9-17-8-10-4-3-7-16-10/h1-2,5-6,10,13,15H,3-4,7-9,14H2. The summed E-state index contributed by atoms with van der Waals surface area (Å²) in [5.74, 6) is 1.64. The Hall–Kier alpha value is -0.710. The summed E-state index contributed by atoms with van der Waals surface area (Å²) in [6, 6.07) is 7.49. The van der Waals surface area contributed by atoms with Crippen LogP contribution in [-0.4, -0.2) is 29.3 Å². The van der Waals surface area contributed by atoms with Gasteiger partial charge >= 0.3 is 0 Å². The number of nitrogens with two attached hydrogens (primary N) is 1. The van der Waals surface area contributed by atoms with Gasteiger partial charge < -0.3 is 15.6 Å². The average molecular weight is 253 g/mol. The first-order chi connectivity index (χ1) is 8.27. The maximum atomic E-state index is 10.0. The second-order valence-electron chi connectivity index (χ2n) is 4.32. The van der Waals surface area contributed by atoms with Crippen LogP contribution in [0, 0.1) is 0 Å². The lowest BCUT2D eigenvalue weighted by molar-refractivity contribution is 0.128. The van der Waals surface area contributed by atoms with Gasteiger partial charge in [-0.25, -0.2) is 0 Å². The van der Waals surface area contributed by atoms with Crippen LogP contribution in [0.4, 0.5) is 5.69 Å². The van der Waals surface area contributed by atoms with Gasteiger partial charge in [0.1, 0.15) is 0 Å². The smallest absolute Gasteiger partial charge is 0.0900 e. The number of hydrogen-bond acceptors (Lipinski definition) is 4. The highest BCUT2D eigenvalue weighted by molar-refractivity contribution is 7.99. The summed E-state index contributed by atoms with van der Waals surface area (Å²) in [7, 11) is 0. The highest BCUT2D eigenvalue weighted by Gasteiger charge is 2.17. The van der Waals surface area contributed by atoms with Crippen LogP contribution in [0.25, 0.3) is 0 Å². The lowest BCUT2D eigenvalue weighted by Crippen LogP contribution is -2.11. The Morgan fingerprint density at radius 2 is 2.29 bits per heavy atom. The van der Waals surface area contributed by atoms with Crippen molar-refractivity contribution in [2.24, 2.45) is 0 Å². The third kappa shape index (κ3) is 3.63. The Balaban J connectivity index is 1.77. The van der Waals surface area contributed by atoms with Crippen LogP contribution in [0.15, 0.2) is 24.3 Å². The molecule has 3 N–H and O–H groups in total. The molecule has 1 saturated heterocycles. The third-order valence-electron chi connectivity index (χ3n) is 2.96. The van der Waals surface area contributed by atoms with Gasteiger partial charge in [-0.15, -0.1) is 0 Å². The minimum atomic E-state index is -0.484. The molecule has 1 fully saturated rings. The number of benzene rings is 1. The van der Waals surface area contributed by atoms with Crippen molar-refractivity contribution in [2.75, 3.05) is 23.8 Å². The van der Waals surface area contributed by atoms with Gasteiger partial charge in [0.15, 0.2) is 0 Å². The van der Waals surface area contributed by atoms with Crippen molar-refractivity contribution in [2.45, 2.75) is 25.0 Å². The zero-order valence-electron chi connectivity index (χ0n) is 9.84. The Bertz CT molecular complexity index is 353. The van der Waals surface area contributed by atoms with Gasteiger partial charge in [0.2, 0.25) is 0 Å². The Labute approximate surface area is 106 Å². The summed E-state index contributed by atoms with van der Waals surface area (Å²) in [5.41, 5.74) is 7.31. The normalized spacial score (nSPS) is 21.6. The highest BCUT2D eigenvalue weighted by Crippen LogP contribution is 2.25. The van der Waals surface area contributed by atoms with Crippen molar-refractivity contribution in [3.63, 3.8) is 0 Å². The van der Waals surface area contributed by atoms with Gasteiger partial charge in [-0.1, -0.05) is 18.2 Å². The van der Waals surface area contributed by atoms with Crippen molar-refractivity contribution in [3.8, 4) is 0 Å². The quantitative estimate of drug-likeness (QED) is 0.790. The molecule has 1 aromatic rings. The fraction of sp³-hybridized carbons (Fsp3) is 0.538. The van der Waals surface area contributed by atoms with Crippen LogP contribution in [0.2, 0.25) is 0 Å². The number of aliphatic hydroxyl groups excluding tert-OH is 1. The van der Waals surface area contributed by atoms with Gasteiger partial charge in [-0.3, -0.25) is 0 Å². The number of anilines is 1. The molecule has 0 amide bonds. The topological polar surface area (TPSA) is 55.5 Å². The second kappa shape index (κ2) is 6.28. The summed E-state index contributed by atoms with van der Waals surface area (Å²) in [5, 5.41) is 10.0. The van der Waals surface area contributed by atoms with E-state index in [-0.39, 0.29) is 0 Å². The van der Waals surface area contributed by atoms with Crippen molar-refractivity contribution >= 4 is 17.4 Å². The zero-order valence-corrected chi connectivity index (χ0v) is 10.7. The van der Waals surface area contributed by atoms with Gasteiger partial charge in [-0.2, -0.15) is 11.8 Å². The molecular formula is C13H19NO2S. The summed E-state index contributed by atoms with van der Waals surface area (Å²) in [6.45, 7) is 0.888. The monoisotopic (exact) mass is 253 g/mol. The number of para-hydroxylation sites is 1. The Morgan fingerprint density at radius 3 is 3.00 bits per heavy atom. The minimum Gasteiger partial charge on any atom is -0.398 e. The van der Waals surface area contributed by atoms with E-state index in [2.05, 4.69) is 0 Å². The maximum Gasteiger partial charge on any atom is 0.0900 e. The van der Waals surface area contributed by atoms with Gasteiger partial charge in [0.05, 0.1) is 12.2 Å². The molecule has 0 saturated carbocycles. The molecule has 0 aliphatic carbocycles. The fourth-order valence-electron chi connectivity index (χ4n) is 1.99. The van der Waals surface area contributed by atoms with Crippen molar-refractivity contribution in [1.82, 2.24) is 0 Å². The van der Waals surface area contributed by atoms with Crippen molar-refractivity contribution in [1.29, 1.82) is 0 Å². The van der Waals surface area contributed by atoms with E-state index in [0.29, 0.717) is 17.5 Å². The Morgan fingerprint density at radius 1 is 1.47 bits per heavy atom. The first kappa shape index (κ1) is 12.7. The molecule has 0 spiro atoms. The number of rotatable bonds is 5. The second-order valence-corrected chi connectivity index (χ2v) is 5.39. The van der Waals surface area contributed by atoms with E-state index in [1.165, 1.54) is 6.42 Å².